The molecule has 0 fully saturated rings. The van der Waals surface area contributed by atoms with Gasteiger partial charge < -0.3 is 4.57 Å². The molecule has 1 heterocycles. The minimum absolute atomic E-state index is 0.0330. The molecule has 128 valence electrons. The Balaban J connectivity index is 1.74. The number of amides is 1. The summed E-state index contributed by atoms with van der Waals surface area (Å²) in [6.45, 7) is 0. The summed E-state index contributed by atoms with van der Waals surface area (Å²) in [5, 5.41) is 10.9. The summed E-state index contributed by atoms with van der Waals surface area (Å²) in [5.74, 6) is 0.841. The maximum Gasteiger partial charge on any atom is 0.270 e. The van der Waals surface area contributed by atoms with E-state index in [4.69, 9.17) is 0 Å². The van der Waals surface area contributed by atoms with E-state index in [0.29, 0.717) is 10.6 Å². The number of thioether (sulfide) groups is 1. The maximum atomic E-state index is 12.1. The van der Waals surface area contributed by atoms with E-state index in [1.165, 1.54) is 40.8 Å². The maximum absolute atomic E-state index is 12.1. The van der Waals surface area contributed by atoms with Crippen molar-refractivity contribution in [1.29, 1.82) is 0 Å². The fraction of sp³-hybridized carbons (Fsp3) is 0.176. The van der Waals surface area contributed by atoms with E-state index in [1.54, 1.807) is 17.7 Å². The molecule has 0 N–H and O–H groups in total. The molecule has 0 atom stereocenters. The van der Waals surface area contributed by atoms with Crippen molar-refractivity contribution < 1.29 is 9.72 Å². The van der Waals surface area contributed by atoms with Crippen molar-refractivity contribution in [2.75, 3.05) is 5.75 Å². The first-order valence-corrected chi connectivity index (χ1v) is 9.45. The van der Waals surface area contributed by atoms with Gasteiger partial charge in [0.2, 0.25) is 0 Å². The summed E-state index contributed by atoms with van der Waals surface area (Å²) in [5.41, 5.74) is 2.02. The Kier molecular flexibility index (Phi) is 5.30. The zero-order valence-corrected chi connectivity index (χ0v) is 15.0. The van der Waals surface area contributed by atoms with Gasteiger partial charge in [0.1, 0.15) is 0 Å². The van der Waals surface area contributed by atoms with Crippen molar-refractivity contribution in [3.8, 4) is 0 Å². The van der Waals surface area contributed by atoms with Crippen LogP contribution < -0.4 is 4.80 Å². The number of thiazole rings is 1. The number of non-ortho nitro benzene ring substituents is 1. The number of aromatic nitrogens is 1. The second-order valence-electron chi connectivity index (χ2n) is 5.34. The summed E-state index contributed by atoms with van der Waals surface area (Å²) in [6.07, 6.45) is 0. The average molecular weight is 373 g/mol. The van der Waals surface area contributed by atoms with Crippen LogP contribution >= 0.6 is 23.1 Å². The molecule has 0 saturated carbocycles. The highest BCUT2D eigenvalue weighted by Gasteiger charge is 2.10. The normalized spacial score (nSPS) is 11.8. The Morgan fingerprint density at radius 1 is 1.28 bits per heavy atom. The van der Waals surface area contributed by atoms with Crippen molar-refractivity contribution in [3.05, 3.63) is 69.0 Å². The van der Waals surface area contributed by atoms with Crippen molar-refractivity contribution >= 4 is 44.9 Å². The quantitative estimate of drug-likeness (QED) is 0.506. The van der Waals surface area contributed by atoms with Gasteiger partial charge in [0.25, 0.3) is 11.6 Å². The molecule has 0 saturated heterocycles. The number of carbonyl (C=O) groups excluding carboxylic acids is 1. The fourth-order valence-corrected chi connectivity index (χ4v) is 4.15. The molecule has 0 spiro atoms. The van der Waals surface area contributed by atoms with Crippen LogP contribution in [0.5, 0.6) is 0 Å². The summed E-state index contributed by atoms with van der Waals surface area (Å²) >= 11 is 2.79. The molecule has 1 aromatic heterocycles. The molecule has 0 radical (unpaired) electrons. The van der Waals surface area contributed by atoms with Gasteiger partial charge in [-0.05, 0) is 11.6 Å². The number of hydrogen-bond acceptors (Lipinski definition) is 5. The first kappa shape index (κ1) is 17.4. The van der Waals surface area contributed by atoms with Gasteiger partial charge >= 0.3 is 0 Å². The van der Waals surface area contributed by atoms with E-state index < -0.39 is 4.92 Å². The Morgan fingerprint density at radius 3 is 2.76 bits per heavy atom. The van der Waals surface area contributed by atoms with E-state index in [1.807, 2.05) is 30.3 Å². The van der Waals surface area contributed by atoms with E-state index in [-0.39, 0.29) is 11.6 Å². The third-order valence-corrected chi connectivity index (χ3v) is 5.64. The van der Waals surface area contributed by atoms with Crippen molar-refractivity contribution in [3.63, 3.8) is 0 Å². The highest BCUT2D eigenvalue weighted by atomic mass is 32.2. The lowest BCUT2D eigenvalue weighted by atomic mass is 10.2. The molecule has 3 aromatic rings. The number of carbonyl (C=O) groups is 1. The van der Waals surface area contributed by atoms with Crippen LogP contribution in [0.25, 0.3) is 10.2 Å². The van der Waals surface area contributed by atoms with E-state index in [0.717, 1.165) is 16.0 Å². The Bertz CT molecular complexity index is 993. The minimum Gasteiger partial charge on any atom is -0.319 e. The van der Waals surface area contributed by atoms with Gasteiger partial charge in [-0.15, -0.1) is 11.8 Å². The van der Waals surface area contributed by atoms with Gasteiger partial charge in [-0.1, -0.05) is 41.7 Å². The largest absolute Gasteiger partial charge is 0.319 e. The molecule has 0 aliphatic heterocycles. The number of fused-ring (bicyclic) bond motifs is 1. The van der Waals surface area contributed by atoms with Crippen LogP contribution in [0.1, 0.15) is 5.56 Å². The van der Waals surface area contributed by atoms with Crippen LogP contribution in [0, 0.1) is 10.1 Å². The van der Waals surface area contributed by atoms with Gasteiger partial charge in [-0.3, -0.25) is 14.9 Å². The second kappa shape index (κ2) is 7.62. The number of nitro groups is 1. The second-order valence-corrected chi connectivity index (χ2v) is 7.33. The van der Waals surface area contributed by atoms with E-state index in [9.17, 15) is 14.9 Å². The molecule has 0 unspecified atom stereocenters. The molecular weight excluding hydrogens is 358 g/mol. The summed E-state index contributed by atoms with van der Waals surface area (Å²) in [4.78, 5) is 27.2. The van der Waals surface area contributed by atoms with Gasteiger partial charge in [0.05, 0.1) is 20.9 Å². The number of benzene rings is 2. The highest BCUT2D eigenvalue weighted by Crippen LogP contribution is 2.22. The summed E-state index contributed by atoms with van der Waals surface area (Å²) in [7, 11) is 1.80. The molecule has 1 amide bonds. The van der Waals surface area contributed by atoms with Gasteiger partial charge in [0.15, 0.2) is 4.80 Å². The SMILES string of the molecule is Cn1c(=NC(=O)CSCc2ccccc2)sc2cc([N+](=O)[O-])ccc21. The van der Waals surface area contributed by atoms with Crippen LogP contribution in [-0.4, -0.2) is 21.2 Å². The molecule has 8 heteroatoms. The zero-order valence-electron chi connectivity index (χ0n) is 13.4. The molecule has 3 rings (SSSR count). The summed E-state index contributed by atoms with van der Waals surface area (Å²) in [6, 6.07) is 14.6. The Labute approximate surface area is 152 Å². The predicted octanol–water partition coefficient (Wildman–Crippen LogP) is 3.51. The fourth-order valence-electron chi connectivity index (χ4n) is 2.31. The number of aryl methyl sites for hydroxylation is 1. The standard InChI is InChI=1S/C17H15N3O3S2/c1-19-14-8-7-13(20(22)23)9-15(14)25-17(19)18-16(21)11-24-10-12-5-3-2-4-6-12/h2-9H,10-11H2,1H3. The van der Waals surface area contributed by atoms with Crippen LogP contribution in [0.15, 0.2) is 53.5 Å². The van der Waals surface area contributed by atoms with Crippen LogP contribution in [0.4, 0.5) is 5.69 Å². The first-order valence-electron chi connectivity index (χ1n) is 7.48. The monoisotopic (exact) mass is 373 g/mol. The number of nitrogens with zero attached hydrogens (tertiary/aromatic N) is 3. The molecule has 25 heavy (non-hydrogen) atoms. The lowest BCUT2D eigenvalue weighted by Crippen LogP contribution is -2.14. The first-order chi connectivity index (χ1) is 12.0. The number of nitro benzene ring substituents is 1. The van der Waals surface area contributed by atoms with Crippen LogP contribution in [0.2, 0.25) is 0 Å². The van der Waals surface area contributed by atoms with Crippen LogP contribution in [-0.2, 0) is 17.6 Å². The molecule has 0 aliphatic carbocycles. The van der Waals surface area contributed by atoms with Crippen molar-refractivity contribution in [2.24, 2.45) is 12.0 Å². The topological polar surface area (TPSA) is 77.5 Å². The molecule has 6 nitrogen and oxygen atoms in total. The highest BCUT2D eigenvalue weighted by molar-refractivity contribution is 7.99. The number of hydrogen-bond donors (Lipinski definition) is 0. The summed E-state index contributed by atoms with van der Waals surface area (Å²) < 4.78 is 2.52. The molecule has 0 bridgehead atoms. The molecule has 0 aliphatic rings. The van der Waals surface area contributed by atoms with E-state index >= 15 is 0 Å². The number of rotatable bonds is 5. The van der Waals surface area contributed by atoms with Crippen molar-refractivity contribution in [2.45, 2.75) is 5.75 Å². The molecule has 2 aromatic carbocycles. The lowest BCUT2D eigenvalue weighted by Gasteiger charge is -1.99. The smallest absolute Gasteiger partial charge is 0.270 e. The van der Waals surface area contributed by atoms with Gasteiger partial charge in [0, 0.05) is 24.9 Å². The van der Waals surface area contributed by atoms with E-state index in [2.05, 4.69) is 4.99 Å². The predicted molar refractivity (Wildman–Crippen MR) is 101 cm³/mol. The van der Waals surface area contributed by atoms with Crippen molar-refractivity contribution in [1.82, 2.24) is 4.57 Å². The third-order valence-electron chi connectivity index (χ3n) is 3.56. The molecular formula is C17H15N3O3S2. The zero-order chi connectivity index (χ0) is 17.8. The Morgan fingerprint density at radius 2 is 2.04 bits per heavy atom. The van der Waals surface area contributed by atoms with Gasteiger partial charge in [-0.2, -0.15) is 4.99 Å². The average Bonchev–Trinajstić information content (AvgIpc) is 2.91. The Hall–Kier alpha value is -2.45. The lowest BCUT2D eigenvalue weighted by molar-refractivity contribution is -0.384. The minimum atomic E-state index is -0.429. The van der Waals surface area contributed by atoms with Gasteiger partial charge in [-0.25, -0.2) is 0 Å². The van der Waals surface area contributed by atoms with Crippen LogP contribution in [0.3, 0.4) is 0 Å². The third kappa shape index (κ3) is 4.15.